The third-order valence-corrected chi connectivity index (χ3v) is 2.99. The number of hydrogen-bond donors (Lipinski definition) is 1. The van der Waals surface area contributed by atoms with Crippen LogP contribution in [0.2, 0.25) is 0 Å². The summed E-state index contributed by atoms with van der Waals surface area (Å²) in [5.41, 5.74) is 8.59. The lowest BCUT2D eigenvalue weighted by molar-refractivity contribution is 0.434. The molecule has 0 aliphatic heterocycles. The molecule has 1 heterocycles. The van der Waals surface area contributed by atoms with E-state index >= 15 is 0 Å². The average molecular weight is 179 g/mol. The first-order valence-electron chi connectivity index (χ1n) is 4.87. The topological polar surface area (TPSA) is 43.8 Å². The van der Waals surface area contributed by atoms with Gasteiger partial charge in [-0.15, -0.1) is 0 Å². The fourth-order valence-electron chi connectivity index (χ4n) is 2.53. The molecule has 0 radical (unpaired) electrons. The smallest absolute Gasteiger partial charge is 0.0662 e. The fraction of sp³-hybridized carbons (Fsp3) is 0.700. The Labute approximate surface area is 78.9 Å². The van der Waals surface area contributed by atoms with E-state index in [4.69, 9.17) is 5.73 Å². The second kappa shape index (κ2) is 2.84. The highest BCUT2D eigenvalue weighted by Crippen LogP contribution is 2.38. The lowest BCUT2D eigenvalue weighted by Crippen LogP contribution is -2.27. The summed E-state index contributed by atoms with van der Waals surface area (Å²) in [5.74, 6) is 1.15. The summed E-state index contributed by atoms with van der Waals surface area (Å²) in [7, 11) is 1.97. The van der Waals surface area contributed by atoms with Crippen molar-refractivity contribution < 1.29 is 0 Å². The Hall–Kier alpha value is -0.830. The minimum absolute atomic E-state index is 0.237. The van der Waals surface area contributed by atoms with Crippen molar-refractivity contribution in [2.45, 2.75) is 32.2 Å². The summed E-state index contributed by atoms with van der Waals surface area (Å²) in [5, 5.41) is 4.44. The van der Waals surface area contributed by atoms with E-state index in [2.05, 4.69) is 25.1 Å². The van der Waals surface area contributed by atoms with E-state index in [1.165, 1.54) is 11.3 Å². The van der Waals surface area contributed by atoms with Crippen LogP contribution < -0.4 is 5.73 Å². The molecule has 3 unspecified atom stereocenters. The normalized spacial score (nSPS) is 28.9. The van der Waals surface area contributed by atoms with Gasteiger partial charge in [-0.1, -0.05) is 6.92 Å². The minimum atomic E-state index is 0.237. The molecule has 0 saturated heterocycles. The molecule has 2 rings (SSSR count). The maximum atomic E-state index is 5.98. The van der Waals surface area contributed by atoms with E-state index in [1.807, 2.05) is 11.7 Å². The largest absolute Gasteiger partial charge is 0.327 e. The first kappa shape index (κ1) is 8.75. The predicted molar refractivity (Wildman–Crippen MR) is 52.5 cm³/mol. The monoisotopic (exact) mass is 179 g/mol. The molecule has 0 bridgehead atoms. The Morgan fingerprint density at radius 3 is 3.00 bits per heavy atom. The zero-order valence-corrected chi connectivity index (χ0v) is 8.49. The highest BCUT2D eigenvalue weighted by molar-refractivity contribution is 5.30. The van der Waals surface area contributed by atoms with Gasteiger partial charge in [-0.2, -0.15) is 5.10 Å². The summed E-state index contributed by atoms with van der Waals surface area (Å²) < 4.78 is 1.89. The first-order chi connectivity index (χ1) is 6.09. The van der Waals surface area contributed by atoms with E-state index in [0.717, 1.165) is 6.42 Å². The van der Waals surface area contributed by atoms with Gasteiger partial charge in [0.2, 0.25) is 0 Å². The van der Waals surface area contributed by atoms with Crippen molar-refractivity contribution in [2.24, 2.45) is 18.7 Å². The van der Waals surface area contributed by atoms with Crippen LogP contribution in [0.4, 0.5) is 0 Å². The Morgan fingerprint density at radius 1 is 1.69 bits per heavy atom. The van der Waals surface area contributed by atoms with Crippen molar-refractivity contribution in [2.75, 3.05) is 0 Å². The highest BCUT2D eigenvalue weighted by Gasteiger charge is 2.34. The number of fused-ring (bicyclic) bond motifs is 1. The maximum absolute atomic E-state index is 5.98. The predicted octanol–water partition coefficient (Wildman–Crippen LogP) is 1.04. The number of nitrogens with two attached hydrogens (primary N) is 1. The third-order valence-electron chi connectivity index (χ3n) is 2.99. The second-order valence-electron chi connectivity index (χ2n) is 4.27. The van der Waals surface area contributed by atoms with E-state index in [9.17, 15) is 0 Å². The minimum Gasteiger partial charge on any atom is -0.327 e. The van der Waals surface area contributed by atoms with E-state index < -0.39 is 0 Å². The van der Waals surface area contributed by atoms with Gasteiger partial charge in [-0.25, -0.2) is 0 Å². The van der Waals surface area contributed by atoms with Crippen molar-refractivity contribution in [3.8, 4) is 0 Å². The van der Waals surface area contributed by atoms with Crippen LogP contribution in [0.15, 0.2) is 6.20 Å². The van der Waals surface area contributed by atoms with Crippen molar-refractivity contribution >= 4 is 0 Å². The average Bonchev–Trinajstić information content (AvgIpc) is 2.41. The standard InChI is InChI=1S/C10H17N3/c1-6-4-9-8(5-13(3)12-9)10(6)7(2)11/h5-7,10H,4,11H2,1-3H3. The molecule has 0 saturated carbocycles. The molecule has 0 amide bonds. The number of aromatic nitrogens is 2. The Kier molecular flexibility index (Phi) is 1.91. The van der Waals surface area contributed by atoms with Gasteiger partial charge in [0.1, 0.15) is 0 Å². The molecule has 1 aliphatic rings. The van der Waals surface area contributed by atoms with Crippen LogP contribution in [0.3, 0.4) is 0 Å². The Morgan fingerprint density at radius 2 is 2.38 bits per heavy atom. The quantitative estimate of drug-likeness (QED) is 0.700. The molecule has 3 nitrogen and oxygen atoms in total. The molecule has 1 aromatic heterocycles. The summed E-state index contributed by atoms with van der Waals surface area (Å²) in [4.78, 5) is 0. The summed E-state index contributed by atoms with van der Waals surface area (Å²) >= 11 is 0. The lowest BCUT2D eigenvalue weighted by Gasteiger charge is -2.19. The van der Waals surface area contributed by atoms with E-state index in [1.54, 1.807) is 0 Å². The van der Waals surface area contributed by atoms with Gasteiger partial charge in [-0.05, 0) is 24.8 Å². The molecule has 13 heavy (non-hydrogen) atoms. The van der Waals surface area contributed by atoms with Crippen molar-refractivity contribution in [1.29, 1.82) is 0 Å². The number of rotatable bonds is 1. The molecule has 3 heteroatoms. The maximum Gasteiger partial charge on any atom is 0.0662 e. The van der Waals surface area contributed by atoms with Gasteiger partial charge in [0.25, 0.3) is 0 Å². The van der Waals surface area contributed by atoms with E-state index in [0.29, 0.717) is 11.8 Å². The van der Waals surface area contributed by atoms with Crippen LogP contribution >= 0.6 is 0 Å². The van der Waals surface area contributed by atoms with Crippen molar-refractivity contribution in [1.82, 2.24) is 9.78 Å². The first-order valence-corrected chi connectivity index (χ1v) is 4.87. The summed E-state index contributed by atoms with van der Waals surface area (Å²) in [6, 6.07) is 0.237. The zero-order valence-electron chi connectivity index (χ0n) is 8.49. The molecule has 0 aromatic carbocycles. The lowest BCUT2D eigenvalue weighted by atomic mass is 9.89. The number of aryl methyl sites for hydroxylation is 1. The number of hydrogen-bond acceptors (Lipinski definition) is 2. The van der Waals surface area contributed by atoms with Gasteiger partial charge in [0.05, 0.1) is 5.69 Å². The molecular formula is C10H17N3. The van der Waals surface area contributed by atoms with Gasteiger partial charge in [0.15, 0.2) is 0 Å². The van der Waals surface area contributed by atoms with Crippen LogP contribution in [-0.2, 0) is 13.5 Å². The van der Waals surface area contributed by atoms with E-state index in [-0.39, 0.29) is 6.04 Å². The molecule has 72 valence electrons. The molecular weight excluding hydrogens is 162 g/mol. The third kappa shape index (κ3) is 1.27. The molecule has 0 spiro atoms. The zero-order chi connectivity index (χ0) is 9.59. The van der Waals surface area contributed by atoms with Gasteiger partial charge in [0, 0.05) is 25.2 Å². The molecule has 1 aliphatic carbocycles. The molecule has 0 fully saturated rings. The van der Waals surface area contributed by atoms with Crippen LogP contribution in [0.25, 0.3) is 0 Å². The Balaban J connectivity index is 2.38. The van der Waals surface area contributed by atoms with Crippen molar-refractivity contribution in [3.63, 3.8) is 0 Å². The van der Waals surface area contributed by atoms with Crippen LogP contribution in [-0.4, -0.2) is 15.8 Å². The molecule has 1 aromatic rings. The second-order valence-corrected chi connectivity index (χ2v) is 4.27. The molecule has 3 atom stereocenters. The van der Waals surface area contributed by atoms with Crippen LogP contribution in [0, 0.1) is 5.92 Å². The summed E-state index contributed by atoms with van der Waals surface area (Å²) in [6.07, 6.45) is 3.20. The van der Waals surface area contributed by atoms with Gasteiger partial charge < -0.3 is 5.73 Å². The molecule has 2 N–H and O–H groups in total. The van der Waals surface area contributed by atoms with Gasteiger partial charge >= 0.3 is 0 Å². The van der Waals surface area contributed by atoms with Crippen LogP contribution in [0.1, 0.15) is 31.0 Å². The van der Waals surface area contributed by atoms with Gasteiger partial charge in [-0.3, -0.25) is 4.68 Å². The van der Waals surface area contributed by atoms with Crippen LogP contribution in [0.5, 0.6) is 0 Å². The highest BCUT2D eigenvalue weighted by atomic mass is 15.3. The number of nitrogens with zero attached hydrogens (tertiary/aromatic N) is 2. The van der Waals surface area contributed by atoms with Crippen molar-refractivity contribution in [3.05, 3.63) is 17.5 Å². The SMILES string of the molecule is CC(N)C1c2cn(C)nc2CC1C. The summed E-state index contributed by atoms with van der Waals surface area (Å²) in [6.45, 7) is 4.35. The Bertz CT molecular complexity index is 314. The fourth-order valence-corrected chi connectivity index (χ4v) is 2.53.